The number of ether oxygens (including phenoxy) is 1. The molecule has 0 radical (unpaired) electrons. The first-order valence-electron chi connectivity index (χ1n) is 6.12. The fraction of sp³-hybridized carbons (Fsp3) is 0.385. The Morgan fingerprint density at radius 1 is 1.35 bits per heavy atom. The normalized spacial score (nSPS) is 11.3. The van der Waals surface area contributed by atoms with Crippen molar-refractivity contribution in [1.29, 1.82) is 0 Å². The zero-order valence-corrected chi connectivity index (χ0v) is 11.6. The number of carboxylic acid groups (broad SMARTS) is 1. The molecule has 1 aromatic carbocycles. The van der Waals surface area contributed by atoms with Crippen molar-refractivity contribution in [3.8, 4) is 11.4 Å². The van der Waals surface area contributed by atoms with Crippen molar-refractivity contribution < 1.29 is 14.6 Å². The van der Waals surface area contributed by atoms with Crippen LogP contribution < -0.4 is 4.74 Å². The van der Waals surface area contributed by atoms with E-state index in [1.165, 1.54) is 0 Å². The van der Waals surface area contributed by atoms with Gasteiger partial charge in [-0.15, -0.1) is 5.10 Å². The molecule has 0 amide bonds. The van der Waals surface area contributed by atoms with Crippen molar-refractivity contribution in [3.63, 3.8) is 0 Å². The molecule has 2 rings (SSSR count). The second kappa shape index (κ2) is 5.28. The lowest BCUT2D eigenvalue weighted by Gasteiger charge is -2.18. The number of nitrogens with zero attached hydrogens (tertiary/aromatic N) is 4. The van der Waals surface area contributed by atoms with Gasteiger partial charge in [0.05, 0.1) is 0 Å². The van der Waals surface area contributed by atoms with E-state index in [0.717, 1.165) is 0 Å². The highest BCUT2D eigenvalue weighted by molar-refractivity contribution is 5.68. The van der Waals surface area contributed by atoms with Gasteiger partial charge in [0, 0.05) is 5.41 Å². The van der Waals surface area contributed by atoms with Crippen LogP contribution in [-0.4, -0.2) is 37.9 Å². The molecule has 0 aliphatic carbocycles. The van der Waals surface area contributed by atoms with Crippen molar-refractivity contribution in [2.75, 3.05) is 6.61 Å². The molecule has 0 aliphatic heterocycles. The third kappa shape index (κ3) is 2.93. The van der Waals surface area contributed by atoms with Crippen LogP contribution >= 0.6 is 0 Å². The van der Waals surface area contributed by atoms with Crippen LogP contribution in [0.4, 0.5) is 0 Å². The molecule has 0 unspecified atom stereocenters. The Kier molecular flexibility index (Phi) is 3.69. The highest BCUT2D eigenvalue weighted by Gasteiger charge is 2.24. The van der Waals surface area contributed by atoms with Gasteiger partial charge in [0.25, 0.3) is 0 Å². The van der Waals surface area contributed by atoms with E-state index in [0.29, 0.717) is 17.3 Å². The van der Waals surface area contributed by atoms with Crippen LogP contribution in [-0.2, 0) is 10.2 Å². The van der Waals surface area contributed by atoms with Crippen molar-refractivity contribution in [3.05, 3.63) is 30.1 Å². The number of aromatic nitrogens is 4. The summed E-state index contributed by atoms with van der Waals surface area (Å²) < 4.78 is 6.84. The quantitative estimate of drug-likeness (QED) is 0.908. The number of hydrogen-bond donors (Lipinski definition) is 1. The molecule has 0 bridgehead atoms. The number of benzene rings is 1. The molecule has 7 nitrogen and oxygen atoms in total. The molecule has 106 valence electrons. The summed E-state index contributed by atoms with van der Waals surface area (Å²) in [5, 5.41) is 20.4. The number of carboxylic acids is 1. The van der Waals surface area contributed by atoms with E-state index >= 15 is 0 Å². The molecule has 2 aromatic rings. The van der Waals surface area contributed by atoms with Crippen LogP contribution in [0.1, 0.15) is 26.6 Å². The van der Waals surface area contributed by atoms with Gasteiger partial charge in [0.2, 0.25) is 0 Å². The topological polar surface area (TPSA) is 90.1 Å². The Morgan fingerprint density at radius 3 is 2.70 bits per heavy atom. The molecule has 0 atom stereocenters. The SMILES string of the molecule is CC(C)(C)c1nnnn1-c1ccccc1OCC(=O)O. The fourth-order valence-electron chi connectivity index (χ4n) is 1.71. The van der Waals surface area contributed by atoms with Crippen LogP contribution in [0.25, 0.3) is 5.69 Å². The van der Waals surface area contributed by atoms with Gasteiger partial charge in [-0.05, 0) is 22.6 Å². The predicted octanol–water partition coefficient (Wildman–Crippen LogP) is 1.42. The number of para-hydroxylation sites is 2. The Hall–Kier alpha value is -2.44. The number of carbonyl (C=O) groups is 1. The molecule has 0 spiro atoms. The lowest BCUT2D eigenvalue weighted by atomic mass is 9.96. The van der Waals surface area contributed by atoms with Crippen molar-refractivity contribution in [2.45, 2.75) is 26.2 Å². The standard InChI is InChI=1S/C13H16N4O3/c1-13(2,3)12-14-15-16-17(12)9-6-4-5-7-10(9)20-8-11(18)19/h4-7H,8H2,1-3H3,(H,18,19). The van der Waals surface area contributed by atoms with E-state index in [2.05, 4.69) is 15.5 Å². The average molecular weight is 276 g/mol. The Bertz CT molecular complexity index is 616. The Morgan fingerprint density at radius 2 is 2.05 bits per heavy atom. The molecular formula is C13H16N4O3. The molecule has 0 saturated heterocycles. The van der Waals surface area contributed by atoms with Gasteiger partial charge >= 0.3 is 5.97 Å². The van der Waals surface area contributed by atoms with E-state index in [-0.39, 0.29) is 5.41 Å². The molecule has 20 heavy (non-hydrogen) atoms. The van der Waals surface area contributed by atoms with E-state index in [1.54, 1.807) is 22.9 Å². The number of rotatable bonds is 4. The minimum Gasteiger partial charge on any atom is -0.480 e. The first kappa shape index (κ1) is 14.0. The Balaban J connectivity index is 2.43. The maximum atomic E-state index is 10.6. The average Bonchev–Trinajstić information content (AvgIpc) is 2.85. The Labute approximate surface area is 116 Å². The van der Waals surface area contributed by atoms with Crippen molar-refractivity contribution in [2.24, 2.45) is 0 Å². The predicted molar refractivity (Wildman–Crippen MR) is 71.0 cm³/mol. The maximum absolute atomic E-state index is 10.6. The van der Waals surface area contributed by atoms with Crippen LogP contribution in [0, 0.1) is 0 Å². The number of hydrogen-bond acceptors (Lipinski definition) is 5. The zero-order valence-electron chi connectivity index (χ0n) is 11.6. The minimum absolute atomic E-state index is 0.247. The third-order valence-corrected chi connectivity index (χ3v) is 2.58. The van der Waals surface area contributed by atoms with E-state index in [4.69, 9.17) is 9.84 Å². The summed E-state index contributed by atoms with van der Waals surface area (Å²) in [6.07, 6.45) is 0. The summed E-state index contributed by atoms with van der Waals surface area (Å²) in [5.41, 5.74) is 0.368. The lowest BCUT2D eigenvalue weighted by Crippen LogP contribution is -2.19. The number of tetrazole rings is 1. The van der Waals surface area contributed by atoms with E-state index in [9.17, 15) is 4.79 Å². The molecule has 0 saturated carbocycles. The van der Waals surface area contributed by atoms with Crippen LogP contribution in [0.3, 0.4) is 0 Å². The van der Waals surface area contributed by atoms with E-state index in [1.807, 2.05) is 26.8 Å². The molecule has 0 fully saturated rings. The minimum atomic E-state index is -1.03. The lowest BCUT2D eigenvalue weighted by molar-refractivity contribution is -0.139. The molecule has 1 aromatic heterocycles. The maximum Gasteiger partial charge on any atom is 0.341 e. The van der Waals surface area contributed by atoms with Gasteiger partial charge in [-0.3, -0.25) is 0 Å². The monoisotopic (exact) mass is 276 g/mol. The highest BCUT2D eigenvalue weighted by Crippen LogP contribution is 2.27. The van der Waals surface area contributed by atoms with Gasteiger partial charge in [-0.25, -0.2) is 4.79 Å². The molecule has 7 heteroatoms. The molecular weight excluding hydrogens is 260 g/mol. The van der Waals surface area contributed by atoms with Crippen molar-refractivity contribution in [1.82, 2.24) is 20.2 Å². The van der Waals surface area contributed by atoms with Crippen LogP contribution in [0.5, 0.6) is 5.75 Å². The second-order valence-electron chi connectivity index (χ2n) is 5.31. The van der Waals surface area contributed by atoms with Crippen molar-refractivity contribution >= 4 is 5.97 Å². The zero-order chi connectivity index (χ0) is 14.8. The van der Waals surface area contributed by atoms with Gasteiger partial charge < -0.3 is 9.84 Å². The van der Waals surface area contributed by atoms with Gasteiger partial charge in [0.1, 0.15) is 11.4 Å². The summed E-state index contributed by atoms with van der Waals surface area (Å²) in [5.74, 6) is 0.0594. The summed E-state index contributed by atoms with van der Waals surface area (Å²) in [6.45, 7) is 5.58. The first-order chi connectivity index (χ1) is 9.39. The summed E-state index contributed by atoms with van der Waals surface area (Å²) in [4.78, 5) is 10.6. The highest BCUT2D eigenvalue weighted by atomic mass is 16.5. The second-order valence-corrected chi connectivity index (χ2v) is 5.31. The van der Waals surface area contributed by atoms with E-state index < -0.39 is 12.6 Å². The summed E-state index contributed by atoms with van der Waals surface area (Å²) >= 11 is 0. The summed E-state index contributed by atoms with van der Waals surface area (Å²) in [6, 6.07) is 7.05. The molecule has 1 N–H and O–H groups in total. The fourth-order valence-corrected chi connectivity index (χ4v) is 1.71. The van der Waals surface area contributed by atoms with Gasteiger partial charge in [0.15, 0.2) is 12.4 Å². The third-order valence-electron chi connectivity index (χ3n) is 2.58. The first-order valence-corrected chi connectivity index (χ1v) is 6.12. The molecule has 1 heterocycles. The molecule has 0 aliphatic rings. The van der Waals surface area contributed by atoms with Gasteiger partial charge in [-0.2, -0.15) is 4.68 Å². The van der Waals surface area contributed by atoms with Crippen LogP contribution in [0.2, 0.25) is 0 Å². The largest absolute Gasteiger partial charge is 0.480 e. The van der Waals surface area contributed by atoms with Crippen LogP contribution in [0.15, 0.2) is 24.3 Å². The number of aliphatic carboxylic acids is 1. The van der Waals surface area contributed by atoms with Gasteiger partial charge in [-0.1, -0.05) is 32.9 Å². The summed E-state index contributed by atoms with van der Waals surface area (Å²) in [7, 11) is 0. The smallest absolute Gasteiger partial charge is 0.341 e.